The molecule has 0 unspecified atom stereocenters. The van der Waals surface area contributed by atoms with E-state index in [0.717, 1.165) is 18.5 Å². The molecular formula is C12H18F3N3O2S. The van der Waals surface area contributed by atoms with Crippen molar-refractivity contribution in [2.24, 2.45) is 0 Å². The van der Waals surface area contributed by atoms with Gasteiger partial charge in [-0.1, -0.05) is 0 Å². The highest BCUT2D eigenvalue weighted by atomic mass is 32.2. The van der Waals surface area contributed by atoms with Gasteiger partial charge in [-0.25, -0.2) is 13.1 Å². The Bertz CT molecular complexity index is 565. The molecular weight excluding hydrogens is 307 g/mol. The smallest absolute Gasteiger partial charge is 0.363 e. The Morgan fingerprint density at radius 2 is 2.05 bits per heavy atom. The number of H-pyrrole nitrogens is 1. The van der Waals surface area contributed by atoms with Crippen molar-refractivity contribution in [1.29, 1.82) is 0 Å². The summed E-state index contributed by atoms with van der Waals surface area (Å²) in [5.41, 5.74) is 0.734. The molecule has 3 N–H and O–H groups in total. The lowest BCUT2D eigenvalue weighted by molar-refractivity contribution is -0.135. The third-order valence-corrected chi connectivity index (χ3v) is 4.55. The van der Waals surface area contributed by atoms with Crippen LogP contribution in [0.4, 0.5) is 13.2 Å². The molecule has 1 saturated carbocycles. The molecule has 0 aliphatic heterocycles. The summed E-state index contributed by atoms with van der Waals surface area (Å²) in [4.78, 5) is 2.89. The second-order valence-corrected chi connectivity index (χ2v) is 6.90. The van der Waals surface area contributed by atoms with Crippen LogP contribution in [-0.2, 0) is 16.6 Å². The number of sulfonamides is 1. The number of aromatic amines is 1. The molecule has 1 heterocycles. The summed E-state index contributed by atoms with van der Waals surface area (Å²) in [6.45, 7) is 0.316. The molecule has 1 aromatic heterocycles. The van der Waals surface area contributed by atoms with Crippen LogP contribution in [0.3, 0.4) is 0 Å². The van der Waals surface area contributed by atoms with E-state index in [1.54, 1.807) is 0 Å². The van der Waals surface area contributed by atoms with Gasteiger partial charge in [-0.15, -0.1) is 0 Å². The van der Waals surface area contributed by atoms with E-state index in [-0.39, 0.29) is 17.9 Å². The fraction of sp³-hybridized carbons (Fsp3) is 0.667. The van der Waals surface area contributed by atoms with Crippen LogP contribution < -0.4 is 10.0 Å². The third kappa shape index (κ3) is 5.68. The van der Waals surface area contributed by atoms with Crippen LogP contribution in [0.5, 0.6) is 0 Å². The minimum Gasteiger partial charge on any atom is -0.363 e. The summed E-state index contributed by atoms with van der Waals surface area (Å²) < 4.78 is 61.8. The lowest BCUT2D eigenvalue weighted by Gasteiger charge is -2.07. The zero-order valence-corrected chi connectivity index (χ0v) is 12.1. The Hall–Kier alpha value is -1.06. The molecule has 0 atom stereocenters. The van der Waals surface area contributed by atoms with Gasteiger partial charge in [-0.2, -0.15) is 13.2 Å². The summed E-state index contributed by atoms with van der Waals surface area (Å²) in [6, 6.07) is 2.00. The summed E-state index contributed by atoms with van der Waals surface area (Å²) in [6.07, 6.45) is -1.93. The molecule has 1 aliphatic rings. The van der Waals surface area contributed by atoms with Crippen molar-refractivity contribution in [1.82, 2.24) is 15.0 Å². The molecule has 0 amide bonds. The largest absolute Gasteiger partial charge is 0.389 e. The second kappa shape index (κ2) is 6.37. The van der Waals surface area contributed by atoms with Gasteiger partial charge in [0.05, 0.1) is 4.90 Å². The van der Waals surface area contributed by atoms with Crippen LogP contribution in [0, 0.1) is 0 Å². The standard InChI is InChI=1S/C12H18F3N3O2S/c13-12(14,15)4-1-5-18-21(19,20)11-6-10(17-8-11)7-16-9-2-3-9/h6,8-9,16-18H,1-5,7H2. The molecule has 9 heteroatoms. The average Bonchev–Trinajstić information content (AvgIpc) is 3.07. The quantitative estimate of drug-likeness (QED) is 0.639. The fourth-order valence-corrected chi connectivity index (χ4v) is 2.89. The molecule has 120 valence electrons. The van der Waals surface area contributed by atoms with Gasteiger partial charge in [0.25, 0.3) is 0 Å². The second-order valence-electron chi connectivity index (χ2n) is 5.13. The van der Waals surface area contributed by atoms with E-state index in [9.17, 15) is 21.6 Å². The van der Waals surface area contributed by atoms with Gasteiger partial charge in [0.15, 0.2) is 0 Å². The zero-order valence-electron chi connectivity index (χ0n) is 11.3. The van der Waals surface area contributed by atoms with Gasteiger partial charge in [0, 0.05) is 37.4 Å². The van der Waals surface area contributed by atoms with Gasteiger partial charge >= 0.3 is 6.18 Å². The number of alkyl halides is 3. The van der Waals surface area contributed by atoms with E-state index in [2.05, 4.69) is 15.0 Å². The number of hydrogen-bond donors (Lipinski definition) is 3. The molecule has 0 radical (unpaired) electrons. The maximum Gasteiger partial charge on any atom is 0.389 e. The SMILES string of the molecule is O=S(=O)(NCCCC(F)(F)F)c1c[nH]c(CNC2CC2)c1. The first-order valence-corrected chi connectivity index (χ1v) is 8.22. The first-order chi connectivity index (χ1) is 9.76. The van der Waals surface area contributed by atoms with Crippen LogP contribution >= 0.6 is 0 Å². The predicted molar refractivity (Wildman–Crippen MR) is 71.1 cm³/mol. The summed E-state index contributed by atoms with van der Waals surface area (Å²) >= 11 is 0. The topological polar surface area (TPSA) is 74.0 Å². The van der Waals surface area contributed by atoms with Crippen molar-refractivity contribution < 1.29 is 21.6 Å². The van der Waals surface area contributed by atoms with Crippen molar-refractivity contribution in [3.63, 3.8) is 0 Å². The molecule has 1 aromatic rings. The van der Waals surface area contributed by atoms with E-state index in [4.69, 9.17) is 0 Å². The Kier molecular flexibility index (Phi) is 4.95. The number of nitrogens with one attached hydrogen (secondary N) is 3. The lowest BCUT2D eigenvalue weighted by Crippen LogP contribution is -2.25. The van der Waals surface area contributed by atoms with E-state index < -0.39 is 22.6 Å². The highest BCUT2D eigenvalue weighted by Crippen LogP contribution is 2.21. The molecule has 2 rings (SSSR count). The molecule has 0 saturated heterocycles. The highest BCUT2D eigenvalue weighted by molar-refractivity contribution is 7.89. The fourth-order valence-electron chi connectivity index (χ4n) is 1.80. The number of hydrogen-bond acceptors (Lipinski definition) is 3. The molecule has 5 nitrogen and oxygen atoms in total. The van der Waals surface area contributed by atoms with Gasteiger partial charge in [-0.05, 0) is 25.3 Å². The van der Waals surface area contributed by atoms with Crippen LogP contribution in [0.2, 0.25) is 0 Å². The van der Waals surface area contributed by atoms with E-state index >= 15 is 0 Å². The van der Waals surface area contributed by atoms with Crippen LogP contribution in [0.15, 0.2) is 17.2 Å². The maximum absolute atomic E-state index is 12.0. The predicted octanol–water partition coefficient (Wildman–Crippen LogP) is 1.89. The number of halogens is 3. The average molecular weight is 325 g/mol. The van der Waals surface area contributed by atoms with Gasteiger partial charge in [0.2, 0.25) is 10.0 Å². The first kappa shape index (κ1) is 16.3. The van der Waals surface area contributed by atoms with Gasteiger partial charge in [0.1, 0.15) is 0 Å². The zero-order chi connectivity index (χ0) is 15.5. The molecule has 1 aliphatic carbocycles. The van der Waals surface area contributed by atoms with E-state index in [1.165, 1.54) is 12.3 Å². The van der Waals surface area contributed by atoms with Crippen molar-refractivity contribution in [3.8, 4) is 0 Å². The molecule has 21 heavy (non-hydrogen) atoms. The highest BCUT2D eigenvalue weighted by Gasteiger charge is 2.26. The Labute approximate surface area is 121 Å². The van der Waals surface area contributed by atoms with Crippen molar-refractivity contribution in [2.75, 3.05) is 6.54 Å². The molecule has 0 aromatic carbocycles. The Morgan fingerprint density at radius 1 is 1.33 bits per heavy atom. The van der Waals surface area contributed by atoms with Gasteiger partial charge < -0.3 is 10.3 Å². The van der Waals surface area contributed by atoms with Crippen molar-refractivity contribution in [3.05, 3.63) is 18.0 Å². The number of aromatic nitrogens is 1. The summed E-state index contributed by atoms with van der Waals surface area (Å²) in [7, 11) is -3.76. The van der Waals surface area contributed by atoms with Crippen LogP contribution in [0.1, 0.15) is 31.4 Å². The lowest BCUT2D eigenvalue weighted by atomic mass is 10.3. The monoisotopic (exact) mass is 325 g/mol. The molecule has 1 fully saturated rings. The van der Waals surface area contributed by atoms with E-state index in [0.29, 0.717) is 12.6 Å². The maximum atomic E-state index is 12.0. The molecule has 0 spiro atoms. The Morgan fingerprint density at radius 3 is 2.67 bits per heavy atom. The van der Waals surface area contributed by atoms with Crippen LogP contribution in [0.25, 0.3) is 0 Å². The molecule has 0 bridgehead atoms. The Balaban J connectivity index is 1.80. The minimum absolute atomic E-state index is 0.0436. The first-order valence-electron chi connectivity index (χ1n) is 6.73. The van der Waals surface area contributed by atoms with Crippen LogP contribution in [-0.4, -0.2) is 32.2 Å². The normalized spacial score (nSPS) is 16.3. The number of rotatable bonds is 8. The van der Waals surface area contributed by atoms with Crippen molar-refractivity contribution in [2.45, 2.75) is 49.3 Å². The van der Waals surface area contributed by atoms with Crippen molar-refractivity contribution >= 4 is 10.0 Å². The summed E-state index contributed by atoms with van der Waals surface area (Å²) in [5, 5.41) is 3.24. The van der Waals surface area contributed by atoms with E-state index in [1.807, 2.05) is 0 Å². The van der Waals surface area contributed by atoms with Gasteiger partial charge in [-0.3, -0.25) is 0 Å². The summed E-state index contributed by atoms with van der Waals surface area (Å²) in [5.74, 6) is 0. The third-order valence-electron chi connectivity index (χ3n) is 3.11. The minimum atomic E-state index is -4.26.